The molecule has 20 heavy (non-hydrogen) atoms. The Labute approximate surface area is 119 Å². The van der Waals surface area contributed by atoms with E-state index in [0.29, 0.717) is 18.7 Å². The summed E-state index contributed by atoms with van der Waals surface area (Å²) < 4.78 is 39.5. The third-order valence-electron chi connectivity index (χ3n) is 3.07. The lowest BCUT2D eigenvalue weighted by Crippen LogP contribution is -2.35. The molecule has 5 heteroatoms. The number of nitrogens with one attached hydrogen (secondary N) is 1. The van der Waals surface area contributed by atoms with Gasteiger partial charge in [0.25, 0.3) is 0 Å². The van der Waals surface area contributed by atoms with Gasteiger partial charge < -0.3 is 10.2 Å². The molecule has 114 valence electrons. The zero-order chi connectivity index (χ0) is 15.6. The van der Waals surface area contributed by atoms with Gasteiger partial charge in [-0.25, -0.2) is 0 Å². The third kappa shape index (κ3) is 4.71. The predicted molar refractivity (Wildman–Crippen MR) is 77.0 cm³/mol. The van der Waals surface area contributed by atoms with Crippen LogP contribution in [0, 0.1) is 0 Å². The zero-order valence-corrected chi connectivity index (χ0v) is 12.7. The maximum absolute atomic E-state index is 13.2. The van der Waals surface area contributed by atoms with Gasteiger partial charge >= 0.3 is 6.18 Å². The average Bonchev–Trinajstić information content (AvgIpc) is 2.33. The predicted octanol–water partition coefficient (Wildman–Crippen LogP) is 4.05. The molecule has 0 fully saturated rings. The Morgan fingerprint density at radius 2 is 1.75 bits per heavy atom. The summed E-state index contributed by atoms with van der Waals surface area (Å²) in [6.45, 7) is 8.73. The SMILES string of the molecule is CCN(C)c1ccc(CNC(C)(C)C)cc1C(F)(F)F. The topological polar surface area (TPSA) is 15.3 Å². The second-order valence-corrected chi connectivity index (χ2v) is 5.97. The van der Waals surface area contributed by atoms with E-state index < -0.39 is 11.7 Å². The highest BCUT2D eigenvalue weighted by Gasteiger charge is 2.34. The van der Waals surface area contributed by atoms with Crippen molar-refractivity contribution in [1.82, 2.24) is 5.32 Å². The fourth-order valence-electron chi connectivity index (χ4n) is 1.79. The largest absolute Gasteiger partial charge is 0.418 e. The fourth-order valence-corrected chi connectivity index (χ4v) is 1.79. The van der Waals surface area contributed by atoms with Crippen LogP contribution in [0.5, 0.6) is 0 Å². The van der Waals surface area contributed by atoms with Gasteiger partial charge in [-0.15, -0.1) is 0 Å². The molecule has 1 N–H and O–H groups in total. The molecule has 0 unspecified atom stereocenters. The lowest BCUT2D eigenvalue weighted by Gasteiger charge is -2.24. The quantitative estimate of drug-likeness (QED) is 0.899. The molecule has 0 aliphatic carbocycles. The van der Waals surface area contributed by atoms with Crippen LogP contribution in [-0.2, 0) is 12.7 Å². The highest BCUT2D eigenvalue weighted by molar-refractivity contribution is 5.55. The summed E-state index contributed by atoms with van der Waals surface area (Å²) >= 11 is 0. The molecule has 2 nitrogen and oxygen atoms in total. The smallest absolute Gasteiger partial charge is 0.374 e. The van der Waals surface area contributed by atoms with E-state index in [-0.39, 0.29) is 11.2 Å². The summed E-state index contributed by atoms with van der Waals surface area (Å²) in [5.41, 5.74) is 0.159. The first-order valence-corrected chi connectivity index (χ1v) is 6.71. The molecule has 0 aliphatic rings. The Bertz CT molecular complexity index is 447. The minimum absolute atomic E-state index is 0.128. The van der Waals surface area contributed by atoms with E-state index in [4.69, 9.17) is 0 Å². The molecule has 0 saturated carbocycles. The van der Waals surface area contributed by atoms with E-state index in [9.17, 15) is 13.2 Å². The lowest BCUT2D eigenvalue weighted by molar-refractivity contribution is -0.137. The molecular formula is C15H23F3N2. The Kier molecular flexibility index (Phi) is 5.08. The minimum Gasteiger partial charge on any atom is -0.374 e. The van der Waals surface area contributed by atoms with Crippen molar-refractivity contribution >= 4 is 5.69 Å². The van der Waals surface area contributed by atoms with Gasteiger partial charge in [0.2, 0.25) is 0 Å². The van der Waals surface area contributed by atoms with Crippen LogP contribution in [-0.4, -0.2) is 19.1 Å². The molecule has 0 aliphatic heterocycles. The molecule has 0 aromatic heterocycles. The van der Waals surface area contributed by atoms with E-state index in [2.05, 4.69) is 5.32 Å². The van der Waals surface area contributed by atoms with Gasteiger partial charge in [0, 0.05) is 31.4 Å². The van der Waals surface area contributed by atoms with Crippen molar-refractivity contribution in [3.05, 3.63) is 29.3 Å². The first-order valence-electron chi connectivity index (χ1n) is 6.71. The van der Waals surface area contributed by atoms with Crippen LogP contribution in [0.2, 0.25) is 0 Å². The molecule has 0 bridgehead atoms. The van der Waals surface area contributed by atoms with Crippen molar-refractivity contribution < 1.29 is 13.2 Å². The molecule has 0 radical (unpaired) electrons. The van der Waals surface area contributed by atoms with Crippen molar-refractivity contribution in [1.29, 1.82) is 0 Å². The number of rotatable bonds is 4. The normalized spacial score (nSPS) is 12.6. The first kappa shape index (κ1) is 16.8. The third-order valence-corrected chi connectivity index (χ3v) is 3.07. The Morgan fingerprint density at radius 3 is 2.20 bits per heavy atom. The number of alkyl halides is 3. The van der Waals surface area contributed by atoms with Crippen LogP contribution in [0.4, 0.5) is 18.9 Å². The summed E-state index contributed by atoms with van der Waals surface area (Å²) in [5, 5.41) is 3.20. The number of hydrogen-bond acceptors (Lipinski definition) is 2. The first-order chi connectivity index (χ1) is 9.04. The zero-order valence-electron chi connectivity index (χ0n) is 12.7. The molecule has 0 heterocycles. The standard InChI is InChI=1S/C15H23F3N2/c1-6-20(5)13-8-7-11(10-19-14(2,3)4)9-12(13)15(16,17)18/h7-9,19H,6,10H2,1-5H3. The average molecular weight is 288 g/mol. The van der Waals surface area contributed by atoms with E-state index >= 15 is 0 Å². The van der Waals surface area contributed by atoms with Crippen LogP contribution in [0.15, 0.2) is 18.2 Å². The number of anilines is 1. The highest BCUT2D eigenvalue weighted by atomic mass is 19.4. The molecular weight excluding hydrogens is 265 g/mol. The number of hydrogen-bond donors (Lipinski definition) is 1. The molecule has 1 rings (SSSR count). The van der Waals surface area contributed by atoms with Crippen LogP contribution < -0.4 is 10.2 Å². The fraction of sp³-hybridized carbons (Fsp3) is 0.600. The number of halogens is 3. The van der Waals surface area contributed by atoms with Crippen molar-refractivity contribution in [3.8, 4) is 0 Å². The number of benzene rings is 1. The van der Waals surface area contributed by atoms with E-state index in [1.54, 1.807) is 24.1 Å². The molecule has 1 aromatic rings. The summed E-state index contributed by atoms with van der Waals surface area (Å²) in [7, 11) is 1.66. The van der Waals surface area contributed by atoms with Gasteiger partial charge in [0.1, 0.15) is 0 Å². The molecule has 0 saturated heterocycles. The minimum atomic E-state index is -4.34. The summed E-state index contributed by atoms with van der Waals surface area (Å²) in [5.74, 6) is 0. The van der Waals surface area contributed by atoms with Gasteiger partial charge in [-0.1, -0.05) is 6.07 Å². The van der Waals surface area contributed by atoms with Gasteiger partial charge in [-0.2, -0.15) is 13.2 Å². The second-order valence-electron chi connectivity index (χ2n) is 5.97. The van der Waals surface area contributed by atoms with Crippen molar-refractivity contribution in [2.24, 2.45) is 0 Å². The van der Waals surface area contributed by atoms with Gasteiger partial charge in [-0.05, 0) is 45.4 Å². The van der Waals surface area contributed by atoms with Crippen LogP contribution >= 0.6 is 0 Å². The lowest BCUT2D eigenvalue weighted by atomic mass is 10.0. The van der Waals surface area contributed by atoms with Crippen LogP contribution in [0.25, 0.3) is 0 Å². The van der Waals surface area contributed by atoms with E-state index in [1.165, 1.54) is 6.07 Å². The van der Waals surface area contributed by atoms with Crippen LogP contribution in [0.3, 0.4) is 0 Å². The maximum atomic E-state index is 13.2. The van der Waals surface area contributed by atoms with Crippen LogP contribution in [0.1, 0.15) is 38.8 Å². The summed E-state index contributed by atoms with van der Waals surface area (Å²) in [6, 6.07) is 4.53. The van der Waals surface area contributed by atoms with E-state index in [0.717, 1.165) is 0 Å². The molecule has 1 aromatic carbocycles. The van der Waals surface area contributed by atoms with Crippen molar-refractivity contribution in [2.75, 3.05) is 18.5 Å². The summed E-state index contributed by atoms with van der Waals surface area (Å²) in [6.07, 6.45) is -4.34. The van der Waals surface area contributed by atoms with Gasteiger partial charge in [-0.3, -0.25) is 0 Å². The van der Waals surface area contributed by atoms with Crippen molar-refractivity contribution in [2.45, 2.75) is 46.0 Å². The summed E-state index contributed by atoms with van der Waals surface area (Å²) in [4.78, 5) is 1.60. The Balaban J connectivity index is 3.09. The van der Waals surface area contributed by atoms with E-state index in [1.807, 2.05) is 27.7 Å². The Hall–Kier alpha value is -1.23. The van der Waals surface area contributed by atoms with Gasteiger partial charge in [0.15, 0.2) is 0 Å². The highest BCUT2D eigenvalue weighted by Crippen LogP contribution is 2.36. The number of nitrogens with zero attached hydrogens (tertiary/aromatic N) is 1. The molecule has 0 spiro atoms. The Morgan fingerprint density at radius 1 is 1.15 bits per heavy atom. The van der Waals surface area contributed by atoms with Gasteiger partial charge in [0.05, 0.1) is 5.56 Å². The van der Waals surface area contributed by atoms with Crippen molar-refractivity contribution in [3.63, 3.8) is 0 Å². The maximum Gasteiger partial charge on any atom is 0.418 e. The molecule has 0 amide bonds. The molecule has 0 atom stereocenters. The monoisotopic (exact) mass is 288 g/mol. The second kappa shape index (κ2) is 6.04.